The molecule has 48 heavy (non-hydrogen) atoms. The Balaban J connectivity index is 1.26. The predicted octanol–water partition coefficient (Wildman–Crippen LogP) is 7.24. The molecule has 0 saturated heterocycles. The van der Waals surface area contributed by atoms with Gasteiger partial charge in [0.25, 0.3) is 10.0 Å². The molecule has 2 aliphatic rings. The molecular weight excluding hydrogens is 653 g/mol. The molecule has 1 heterocycles. The van der Waals surface area contributed by atoms with Gasteiger partial charge in [0.15, 0.2) is 0 Å². The normalized spacial score (nSPS) is 19.6. The molecule has 2 aliphatic carbocycles. The molecule has 0 aliphatic heterocycles. The van der Waals surface area contributed by atoms with Crippen LogP contribution in [0.5, 0.6) is 11.5 Å². The van der Waals surface area contributed by atoms with E-state index in [4.69, 9.17) is 21.1 Å². The van der Waals surface area contributed by atoms with E-state index in [0.29, 0.717) is 34.6 Å². The Morgan fingerprint density at radius 3 is 2.38 bits per heavy atom. The minimum Gasteiger partial charge on any atom is -0.497 e. The van der Waals surface area contributed by atoms with E-state index in [1.165, 1.54) is 68.9 Å². The maximum atomic E-state index is 16.0. The average Bonchev–Trinajstić information content (AvgIpc) is 3.95. The van der Waals surface area contributed by atoms with Crippen LogP contribution in [0.15, 0.2) is 78.1 Å². The third kappa shape index (κ3) is 7.23. The number of nitrogens with zero attached hydrogens (tertiary/aromatic N) is 4. The molecule has 0 amide bonds. The first-order valence-corrected chi connectivity index (χ1v) is 17.9. The molecule has 6 rings (SSSR count). The summed E-state index contributed by atoms with van der Waals surface area (Å²) < 4.78 is 56.2. The molecule has 9 nitrogen and oxygen atoms in total. The second kappa shape index (κ2) is 14.3. The quantitative estimate of drug-likeness (QED) is 0.166. The number of halogens is 2. The Labute approximate surface area is 287 Å². The second-order valence-corrected chi connectivity index (χ2v) is 15.0. The van der Waals surface area contributed by atoms with Gasteiger partial charge in [0, 0.05) is 36.0 Å². The first-order chi connectivity index (χ1) is 23.1. The van der Waals surface area contributed by atoms with Gasteiger partial charge in [0.2, 0.25) is 0 Å². The van der Waals surface area contributed by atoms with Crippen molar-refractivity contribution in [2.45, 2.75) is 67.5 Å². The van der Waals surface area contributed by atoms with Crippen molar-refractivity contribution >= 4 is 33.1 Å². The van der Waals surface area contributed by atoms with Gasteiger partial charge in [-0.3, -0.25) is 0 Å². The van der Waals surface area contributed by atoms with E-state index in [9.17, 15) is 8.42 Å². The lowest BCUT2D eigenvalue weighted by Gasteiger charge is -2.41. The fourth-order valence-corrected chi connectivity index (χ4v) is 8.44. The summed E-state index contributed by atoms with van der Waals surface area (Å²) in [6.45, 7) is -0.194. The van der Waals surface area contributed by atoms with Crippen molar-refractivity contribution < 1.29 is 22.3 Å². The van der Waals surface area contributed by atoms with Crippen LogP contribution in [-0.4, -0.2) is 63.7 Å². The number of hydrogen-bond donors (Lipinski definition) is 1. The number of sulfonamides is 1. The molecule has 0 bridgehead atoms. The number of benzene rings is 3. The second-order valence-electron chi connectivity index (χ2n) is 12.8. The Kier molecular flexibility index (Phi) is 10.1. The van der Waals surface area contributed by atoms with Crippen molar-refractivity contribution in [3.8, 4) is 11.5 Å². The topological polar surface area (TPSA) is 96.9 Å². The van der Waals surface area contributed by atoms with Gasteiger partial charge in [-0.25, -0.2) is 27.1 Å². The summed E-state index contributed by atoms with van der Waals surface area (Å²) in [4.78, 5) is 9.72. The highest BCUT2D eigenvalue weighted by Crippen LogP contribution is 2.43. The number of methoxy groups -OCH3 is 2. The van der Waals surface area contributed by atoms with Crippen molar-refractivity contribution in [1.29, 1.82) is 0 Å². The van der Waals surface area contributed by atoms with Crippen molar-refractivity contribution in [2.75, 3.05) is 37.9 Å². The zero-order valence-electron chi connectivity index (χ0n) is 27.6. The number of anilines is 2. The summed E-state index contributed by atoms with van der Waals surface area (Å²) in [7, 11) is 2.61. The number of likely N-dealkylation sites (N-methyl/N-ethyl adjacent to an activating group) is 1. The number of hydrogen-bond acceptors (Lipinski definition) is 8. The third-order valence-corrected chi connectivity index (χ3v) is 11.5. The highest BCUT2D eigenvalue weighted by atomic mass is 35.5. The lowest BCUT2D eigenvalue weighted by Crippen LogP contribution is -2.47. The minimum atomic E-state index is -4.50. The standard InChI is InChI=1S/C36H41ClFN5O4S/c1-42(2)33-17-26(25-7-5-6-24(16-25)23-8-9-23)11-13-31(33)41-32-20-30(38)35(19-29(32)37)48(44,45)43(36-14-15-39-22-40-36)21-27-10-12-28(46-3)18-34(27)47-4/h5-7,10,12,14-16,18-20,22-23,26,31,33,41H,8-9,11,13,17,21H2,1-4H3/t26-,31?,33-/m0/s1. The van der Waals surface area contributed by atoms with E-state index in [0.717, 1.165) is 23.6 Å². The molecule has 1 N–H and O–H groups in total. The van der Waals surface area contributed by atoms with E-state index in [-0.39, 0.29) is 29.5 Å². The van der Waals surface area contributed by atoms with Crippen LogP contribution >= 0.6 is 11.6 Å². The number of aromatic nitrogens is 2. The summed E-state index contributed by atoms with van der Waals surface area (Å²) >= 11 is 6.74. The summed E-state index contributed by atoms with van der Waals surface area (Å²) in [5.74, 6) is 1.22. The highest BCUT2D eigenvalue weighted by Gasteiger charge is 2.35. The molecule has 3 atom stereocenters. The smallest absolute Gasteiger partial charge is 0.268 e. The van der Waals surface area contributed by atoms with Crippen LogP contribution in [0, 0.1) is 5.82 Å². The van der Waals surface area contributed by atoms with Crippen LogP contribution in [0.3, 0.4) is 0 Å². The van der Waals surface area contributed by atoms with Crippen molar-refractivity contribution in [2.24, 2.45) is 0 Å². The molecule has 12 heteroatoms. The zero-order valence-corrected chi connectivity index (χ0v) is 29.1. The van der Waals surface area contributed by atoms with Crippen LogP contribution in [-0.2, 0) is 16.6 Å². The summed E-state index contributed by atoms with van der Waals surface area (Å²) in [5, 5.41) is 3.58. The van der Waals surface area contributed by atoms with Crippen molar-refractivity contribution in [1.82, 2.24) is 14.9 Å². The van der Waals surface area contributed by atoms with Crippen molar-refractivity contribution in [3.05, 3.63) is 101 Å². The van der Waals surface area contributed by atoms with Crippen LogP contribution in [0.2, 0.25) is 5.02 Å². The fraction of sp³-hybridized carbons (Fsp3) is 0.389. The van der Waals surface area contributed by atoms with E-state index < -0.39 is 20.7 Å². The zero-order chi connectivity index (χ0) is 34.0. The Morgan fingerprint density at radius 1 is 0.958 bits per heavy atom. The molecule has 3 aromatic carbocycles. The number of rotatable bonds is 12. The van der Waals surface area contributed by atoms with Gasteiger partial charge in [0.1, 0.15) is 34.4 Å². The molecule has 254 valence electrons. The molecule has 1 unspecified atom stereocenters. The van der Waals surface area contributed by atoms with E-state index in [1.54, 1.807) is 18.2 Å². The summed E-state index contributed by atoms with van der Waals surface area (Å²) in [6.07, 6.45) is 7.97. The van der Waals surface area contributed by atoms with Gasteiger partial charge >= 0.3 is 0 Å². The fourth-order valence-electron chi connectivity index (χ4n) is 6.68. The number of nitrogens with one attached hydrogen (secondary N) is 1. The Morgan fingerprint density at radius 2 is 1.71 bits per heavy atom. The maximum Gasteiger partial charge on any atom is 0.268 e. The molecule has 2 fully saturated rings. The van der Waals surface area contributed by atoms with Crippen LogP contribution in [0.1, 0.15) is 60.6 Å². The minimum absolute atomic E-state index is 0.0118. The monoisotopic (exact) mass is 693 g/mol. The van der Waals surface area contributed by atoms with E-state index in [1.807, 2.05) is 0 Å². The van der Waals surface area contributed by atoms with Crippen molar-refractivity contribution in [3.63, 3.8) is 0 Å². The van der Waals surface area contributed by atoms with E-state index >= 15 is 4.39 Å². The predicted molar refractivity (Wildman–Crippen MR) is 186 cm³/mol. The van der Waals surface area contributed by atoms with Gasteiger partial charge in [0.05, 0.1) is 31.5 Å². The van der Waals surface area contributed by atoms with Gasteiger partial charge in [-0.1, -0.05) is 35.9 Å². The van der Waals surface area contributed by atoms with Crippen LogP contribution in [0.25, 0.3) is 0 Å². The van der Waals surface area contributed by atoms with Crippen LogP contribution in [0.4, 0.5) is 15.9 Å². The average molecular weight is 694 g/mol. The number of ether oxygens (including phenoxy) is 2. The molecular formula is C36H41ClFN5O4S. The van der Waals surface area contributed by atoms with Crippen LogP contribution < -0.4 is 19.1 Å². The molecule has 0 spiro atoms. The highest BCUT2D eigenvalue weighted by molar-refractivity contribution is 7.92. The van der Waals surface area contributed by atoms with Gasteiger partial charge in [-0.05, 0) is 93.4 Å². The lowest BCUT2D eigenvalue weighted by molar-refractivity contribution is 0.196. The van der Waals surface area contributed by atoms with Gasteiger partial charge in [-0.15, -0.1) is 0 Å². The Bertz CT molecular complexity index is 1860. The maximum absolute atomic E-state index is 16.0. The molecule has 0 radical (unpaired) electrons. The molecule has 2 saturated carbocycles. The molecule has 1 aromatic heterocycles. The largest absolute Gasteiger partial charge is 0.497 e. The molecule has 4 aromatic rings. The van der Waals surface area contributed by atoms with E-state index in [2.05, 4.69) is 58.5 Å². The lowest BCUT2D eigenvalue weighted by atomic mass is 9.77. The summed E-state index contributed by atoms with van der Waals surface area (Å²) in [6, 6.07) is 18.0. The van der Waals surface area contributed by atoms with Gasteiger partial charge in [-0.2, -0.15) is 0 Å². The van der Waals surface area contributed by atoms with Gasteiger partial charge < -0.3 is 19.7 Å². The SMILES string of the molecule is COc1ccc(CN(c2ccncn2)S(=O)(=O)c2cc(Cl)c(NC3CC[C@H](c4cccc(C5CC5)c4)C[C@@H]3N(C)C)cc2F)c(OC)c1. The Hall–Kier alpha value is -3.93. The third-order valence-electron chi connectivity index (χ3n) is 9.47. The first-order valence-electron chi connectivity index (χ1n) is 16.1. The summed E-state index contributed by atoms with van der Waals surface area (Å²) in [5.41, 5.74) is 3.69. The first kappa shape index (κ1) is 34.0.